The van der Waals surface area contributed by atoms with Crippen molar-refractivity contribution in [1.29, 1.82) is 0 Å². The average Bonchev–Trinajstić information content (AvgIpc) is 2.47. The molecule has 0 radical (unpaired) electrons. The molecule has 0 aliphatic carbocycles. The Morgan fingerprint density at radius 1 is 1.05 bits per heavy atom. The average molecular weight is 284 g/mol. The monoisotopic (exact) mass is 284 g/mol. The highest BCUT2D eigenvalue weighted by atomic mass is 15.1. The van der Waals surface area contributed by atoms with Crippen LogP contribution in [-0.4, -0.2) is 23.6 Å². The lowest BCUT2D eigenvalue weighted by Crippen LogP contribution is -2.09. The summed E-state index contributed by atoms with van der Waals surface area (Å²) in [7, 11) is 1.88. The number of hydrogen-bond acceptors (Lipinski definition) is 4. The third kappa shape index (κ3) is 4.74. The van der Waals surface area contributed by atoms with Crippen LogP contribution in [0.1, 0.15) is 30.3 Å². The van der Waals surface area contributed by atoms with Crippen molar-refractivity contribution in [3.63, 3.8) is 0 Å². The normalized spacial score (nSPS) is 10.4. The first kappa shape index (κ1) is 15.3. The van der Waals surface area contributed by atoms with Gasteiger partial charge in [-0.3, -0.25) is 0 Å². The van der Waals surface area contributed by atoms with Crippen LogP contribution in [-0.2, 0) is 12.8 Å². The van der Waals surface area contributed by atoms with Gasteiger partial charge in [0.05, 0.1) is 0 Å². The Morgan fingerprint density at radius 3 is 2.57 bits per heavy atom. The van der Waals surface area contributed by atoms with Crippen LogP contribution in [0.2, 0.25) is 0 Å². The van der Waals surface area contributed by atoms with Crippen LogP contribution in [0.5, 0.6) is 0 Å². The highest BCUT2D eigenvalue weighted by Crippen LogP contribution is 2.12. The fourth-order valence-electron chi connectivity index (χ4n) is 2.25. The Bertz CT molecular complexity index is 581. The minimum absolute atomic E-state index is 0.867. The van der Waals surface area contributed by atoms with Gasteiger partial charge in [0.2, 0.25) is 0 Å². The van der Waals surface area contributed by atoms with Crippen LogP contribution >= 0.6 is 0 Å². The lowest BCUT2D eigenvalue weighted by molar-refractivity contribution is 0.834. The predicted molar refractivity (Wildman–Crippen MR) is 88.9 cm³/mol. The van der Waals surface area contributed by atoms with E-state index in [1.807, 2.05) is 13.1 Å². The molecule has 2 aromatic rings. The number of hydrogen-bond donors (Lipinski definition) is 2. The molecule has 0 spiro atoms. The Hall–Kier alpha value is -2.10. The first-order valence-electron chi connectivity index (χ1n) is 7.56. The van der Waals surface area contributed by atoms with Crippen molar-refractivity contribution < 1.29 is 0 Å². The molecule has 112 valence electrons. The van der Waals surface area contributed by atoms with Gasteiger partial charge in [0.25, 0.3) is 0 Å². The van der Waals surface area contributed by atoms with Gasteiger partial charge in [-0.1, -0.05) is 36.8 Å². The highest BCUT2D eigenvalue weighted by molar-refractivity contribution is 5.47. The first-order chi connectivity index (χ1) is 10.2. The van der Waals surface area contributed by atoms with Crippen molar-refractivity contribution in [2.75, 3.05) is 24.2 Å². The van der Waals surface area contributed by atoms with E-state index in [2.05, 4.69) is 58.7 Å². The highest BCUT2D eigenvalue weighted by Gasteiger charge is 2.03. The zero-order chi connectivity index (χ0) is 15.1. The number of aryl methyl sites for hydroxylation is 2. The smallest absolute Gasteiger partial charge is 0.133 e. The van der Waals surface area contributed by atoms with E-state index < -0.39 is 0 Å². The van der Waals surface area contributed by atoms with Crippen molar-refractivity contribution >= 4 is 11.6 Å². The van der Waals surface area contributed by atoms with Gasteiger partial charge in [0.15, 0.2) is 0 Å². The summed E-state index contributed by atoms with van der Waals surface area (Å²) in [5, 5.41) is 6.49. The van der Waals surface area contributed by atoms with E-state index in [0.29, 0.717) is 0 Å². The summed E-state index contributed by atoms with van der Waals surface area (Å²) in [6.07, 6.45) is 2.95. The maximum atomic E-state index is 4.56. The summed E-state index contributed by atoms with van der Waals surface area (Å²) in [5.74, 6) is 2.65. The molecule has 0 saturated carbocycles. The molecule has 0 unspecified atom stereocenters. The minimum Gasteiger partial charge on any atom is -0.373 e. The van der Waals surface area contributed by atoms with Gasteiger partial charge in [-0.25, -0.2) is 9.97 Å². The van der Waals surface area contributed by atoms with E-state index >= 15 is 0 Å². The molecular weight excluding hydrogens is 260 g/mol. The van der Waals surface area contributed by atoms with Crippen molar-refractivity contribution in [2.45, 2.75) is 33.1 Å². The van der Waals surface area contributed by atoms with Crippen molar-refractivity contribution in [2.24, 2.45) is 0 Å². The van der Waals surface area contributed by atoms with Gasteiger partial charge in [0.1, 0.15) is 17.5 Å². The zero-order valence-electron chi connectivity index (χ0n) is 13.1. The summed E-state index contributed by atoms with van der Waals surface area (Å²) >= 11 is 0. The topological polar surface area (TPSA) is 49.8 Å². The maximum absolute atomic E-state index is 4.56. The second-order valence-corrected chi connectivity index (χ2v) is 5.22. The van der Waals surface area contributed by atoms with Crippen LogP contribution in [0.4, 0.5) is 11.6 Å². The third-order valence-electron chi connectivity index (χ3n) is 3.30. The van der Waals surface area contributed by atoms with E-state index in [-0.39, 0.29) is 0 Å². The second kappa shape index (κ2) is 7.62. The van der Waals surface area contributed by atoms with Crippen LogP contribution < -0.4 is 10.6 Å². The molecule has 0 aliphatic heterocycles. The van der Waals surface area contributed by atoms with Gasteiger partial charge in [0, 0.05) is 26.1 Å². The molecule has 0 fully saturated rings. The van der Waals surface area contributed by atoms with E-state index in [4.69, 9.17) is 0 Å². The maximum Gasteiger partial charge on any atom is 0.133 e. The Morgan fingerprint density at radius 2 is 1.86 bits per heavy atom. The van der Waals surface area contributed by atoms with E-state index in [1.165, 1.54) is 11.1 Å². The van der Waals surface area contributed by atoms with Crippen LogP contribution in [0.3, 0.4) is 0 Å². The lowest BCUT2D eigenvalue weighted by Gasteiger charge is -2.10. The molecule has 4 nitrogen and oxygen atoms in total. The predicted octanol–water partition coefficient (Wildman–Crippen LogP) is 3.43. The summed E-state index contributed by atoms with van der Waals surface area (Å²) in [4.78, 5) is 9.01. The first-order valence-corrected chi connectivity index (χ1v) is 7.56. The number of benzene rings is 1. The SMILES string of the molecule is CCCc1nc(NC)cc(NCCc2cccc(C)c2)n1. The van der Waals surface area contributed by atoms with E-state index in [9.17, 15) is 0 Å². The fraction of sp³-hybridized carbons (Fsp3) is 0.412. The zero-order valence-corrected chi connectivity index (χ0v) is 13.1. The minimum atomic E-state index is 0.867. The van der Waals surface area contributed by atoms with E-state index in [0.717, 1.165) is 43.3 Å². The number of nitrogens with one attached hydrogen (secondary N) is 2. The Kier molecular flexibility index (Phi) is 5.55. The molecule has 0 atom stereocenters. The Labute approximate surface area is 127 Å². The molecule has 0 saturated heterocycles. The quantitative estimate of drug-likeness (QED) is 0.818. The number of rotatable bonds is 7. The van der Waals surface area contributed by atoms with Crippen LogP contribution in [0, 0.1) is 6.92 Å². The van der Waals surface area contributed by atoms with Gasteiger partial charge in [-0.05, 0) is 25.3 Å². The van der Waals surface area contributed by atoms with E-state index in [1.54, 1.807) is 0 Å². The number of nitrogens with zero attached hydrogens (tertiary/aromatic N) is 2. The second-order valence-electron chi connectivity index (χ2n) is 5.22. The van der Waals surface area contributed by atoms with Crippen molar-refractivity contribution in [3.8, 4) is 0 Å². The van der Waals surface area contributed by atoms with Gasteiger partial charge >= 0.3 is 0 Å². The fourth-order valence-corrected chi connectivity index (χ4v) is 2.25. The van der Waals surface area contributed by atoms with Gasteiger partial charge in [-0.15, -0.1) is 0 Å². The van der Waals surface area contributed by atoms with Crippen molar-refractivity contribution in [1.82, 2.24) is 9.97 Å². The molecule has 0 aliphatic rings. The largest absolute Gasteiger partial charge is 0.373 e. The Balaban J connectivity index is 1.97. The molecule has 0 bridgehead atoms. The summed E-state index contributed by atoms with van der Waals surface area (Å²) in [5.41, 5.74) is 2.65. The van der Waals surface area contributed by atoms with Crippen LogP contribution in [0.15, 0.2) is 30.3 Å². The molecular formula is C17H24N4. The van der Waals surface area contributed by atoms with Gasteiger partial charge in [-0.2, -0.15) is 0 Å². The third-order valence-corrected chi connectivity index (χ3v) is 3.30. The summed E-state index contributed by atoms with van der Waals surface area (Å²) < 4.78 is 0. The molecule has 0 amide bonds. The van der Waals surface area contributed by atoms with Crippen LogP contribution in [0.25, 0.3) is 0 Å². The molecule has 1 heterocycles. The molecule has 1 aromatic heterocycles. The van der Waals surface area contributed by atoms with Gasteiger partial charge < -0.3 is 10.6 Å². The number of aromatic nitrogens is 2. The summed E-state index contributed by atoms with van der Waals surface area (Å²) in [6, 6.07) is 10.6. The summed E-state index contributed by atoms with van der Waals surface area (Å²) in [6.45, 7) is 5.13. The standard InChI is InChI=1S/C17H24N4/c1-4-6-15-20-16(18-3)12-17(21-15)19-10-9-14-8-5-7-13(2)11-14/h5,7-8,11-12H,4,6,9-10H2,1-3H3,(H2,18,19,20,21). The lowest BCUT2D eigenvalue weighted by atomic mass is 10.1. The molecule has 4 heteroatoms. The molecule has 2 rings (SSSR count). The molecule has 21 heavy (non-hydrogen) atoms. The molecule has 2 N–H and O–H groups in total. The van der Waals surface area contributed by atoms with Crippen molar-refractivity contribution in [3.05, 3.63) is 47.3 Å². The molecule has 1 aromatic carbocycles. The number of anilines is 2.